The summed E-state index contributed by atoms with van der Waals surface area (Å²) >= 11 is 0. The van der Waals surface area contributed by atoms with Crippen molar-refractivity contribution in [1.29, 1.82) is 0 Å². The molecule has 0 aromatic rings. The second-order valence-corrected chi connectivity index (χ2v) is 13.5. The molecule has 0 aromatic carbocycles. The molecule has 0 spiro atoms. The van der Waals surface area contributed by atoms with Crippen LogP contribution in [-0.4, -0.2) is 23.1 Å². The van der Waals surface area contributed by atoms with E-state index in [1.807, 2.05) is 0 Å². The van der Waals surface area contributed by atoms with Gasteiger partial charge in [0.05, 0.1) is 0 Å². The van der Waals surface area contributed by atoms with E-state index in [0.29, 0.717) is 12.8 Å². The van der Waals surface area contributed by atoms with E-state index in [2.05, 4.69) is 26.0 Å². The summed E-state index contributed by atoms with van der Waals surface area (Å²) in [6.07, 6.45) is 44.1. The van der Waals surface area contributed by atoms with Gasteiger partial charge in [0.25, 0.3) is 0 Å². The highest BCUT2D eigenvalue weighted by Gasteiger charge is 2.14. The fraction of sp³-hybridized carbons (Fsp3) is 0.900. The van der Waals surface area contributed by atoms with E-state index in [0.717, 1.165) is 38.5 Å². The van der Waals surface area contributed by atoms with Gasteiger partial charge >= 0.3 is 11.9 Å². The fourth-order valence-electron chi connectivity index (χ4n) is 6.06. The minimum Gasteiger partial charge on any atom is -0.481 e. The lowest BCUT2D eigenvalue weighted by Crippen LogP contribution is -2.18. The lowest BCUT2D eigenvalue weighted by molar-refractivity contribution is -0.150. The number of aliphatic carboxylic acids is 1. The van der Waals surface area contributed by atoms with Crippen LogP contribution in [0.15, 0.2) is 12.2 Å². The Bertz CT molecular complexity index is 629. The molecule has 0 aliphatic carbocycles. The molecule has 0 aliphatic heterocycles. The smallest absolute Gasteiger partial charge is 0.306 e. The predicted octanol–water partition coefficient (Wildman–Crippen LogP) is 13.5. The minimum absolute atomic E-state index is 0.0354. The zero-order valence-electron chi connectivity index (χ0n) is 29.7. The lowest BCUT2D eigenvalue weighted by Gasteiger charge is -2.18. The Labute approximate surface area is 275 Å². The zero-order valence-corrected chi connectivity index (χ0v) is 29.7. The van der Waals surface area contributed by atoms with Crippen LogP contribution >= 0.6 is 0 Å². The van der Waals surface area contributed by atoms with Crippen LogP contribution in [0.25, 0.3) is 0 Å². The van der Waals surface area contributed by atoms with E-state index >= 15 is 0 Å². The van der Waals surface area contributed by atoms with Crippen molar-refractivity contribution >= 4 is 11.9 Å². The summed E-state index contributed by atoms with van der Waals surface area (Å²) in [4.78, 5) is 23.0. The predicted molar refractivity (Wildman–Crippen MR) is 190 cm³/mol. The molecule has 0 radical (unpaired) electrons. The van der Waals surface area contributed by atoms with E-state index in [4.69, 9.17) is 9.84 Å². The maximum atomic E-state index is 12.5. The number of hydrogen-bond donors (Lipinski definition) is 1. The third-order valence-corrected chi connectivity index (χ3v) is 8.99. The van der Waals surface area contributed by atoms with E-state index in [1.165, 1.54) is 161 Å². The average molecular weight is 621 g/mol. The summed E-state index contributed by atoms with van der Waals surface area (Å²) in [7, 11) is 0. The van der Waals surface area contributed by atoms with E-state index in [-0.39, 0.29) is 12.1 Å². The molecule has 260 valence electrons. The number of allylic oxidation sites excluding steroid dienone is 2. The topological polar surface area (TPSA) is 63.6 Å². The van der Waals surface area contributed by atoms with Crippen LogP contribution in [0, 0.1) is 0 Å². The third-order valence-electron chi connectivity index (χ3n) is 8.99. The zero-order chi connectivity index (χ0) is 32.2. The maximum absolute atomic E-state index is 12.5. The number of carboxylic acid groups (broad SMARTS) is 1. The Morgan fingerprint density at radius 1 is 0.477 bits per heavy atom. The fourth-order valence-corrected chi connectivity index (χ4v) is 6.06. The van der Waals surface area contributed by atoms with Gasteiger partial charge in [0.15, 0.2) is 0 Å². The molecule has 0 fully saturated rings. The highest BCUT2D eigenvalue weighted by Crippen LogP contribution is 2.18. The number of carbonyl (C=O) groups is 2. The van der Waals surface area contributed by atoms with Crippen LogP contribution < -0.4 is 0 Å². The van der Waals surface area contributed by atoms with Gasteiger partial charge in [0, 0.05) is 12.8 Å². The molecule has 0 rings (SSSR count). The van der Waals surface area contributed by atoms with Crippen LogP contribution in [0.5, 0.6) is 0 Å². The van der Waals surface area contributed by atoms with Crippen molar-refractivity contribution in [2.45, 2.75) is 232 Å². The van der Waals surface area contributed by atoms with Gasteiger partial charge in [0.1, 0.15) is 6.10 Å². The van der Waals surface area contributed by atoms with Crippen molar-refractivity contribution in [3.05, 3.63) is 12.2 Å². The Hall–Kier alpha value is -1.32. The molecule has 0 heterocycles. The normalized spacial score (nSPS) is 12.2. The van der Waals surface area contributed by atoms with Crippen molar-refractivity contribution < 1.29 is 19.4 Å². The number of carbonyl (C=O) groups excluding carboxylic acids is 1. The molecule has 0 aromatic heterocycles. The largest absolute Gasteiger partial charge is 0.481 e. The lowest BCUT2D eigenvalue weighted by atomic mass is 10.0. The molecule has 4 nitrogen and oxygen atoms in total. The van der Waals surface area contributed by atoms with Gasteiger partial charge in [-0.3, -0.25) is 9.59 Å². The first kappa shape index (κ1) is 42.7. The summed E-state index contributed by atoms with van der Waals surface area (Å²) in [6.45, 7) is 4.50. The van der Waals surface area contributed by atoms with Crippen LogP contribution in [0.1, 0.15) is 226 Å². The molecule has 0 amide bonds. The van der Waals surface area contributed by atoms with Crippen molar-refractivity contribution in [1.82, 2.24) is 0 Å². The summed E-state index contributed by atoms with van der Waals surface area (Å²) in [5.41, 5.74) is 0. The molecule has 0 saturated carbocycles. The van der Waals surface area contributed by atoms with Crippen molar-refractivity contribution in [3.8, 4) is 0 Å². The van der Waals surface area contributed by atoms with E-state index < -0.39 is 5.97 Å². The maximum Gasteiger partial charge on any atom is 0.306 e. The first-order valence-electron chi connectivity index (χ1n) is 19.7. The Kier molecular flexibility index (Phi) is 35.1. The summed E-state index contributed by atoms with van der Waals surface area (Å²) in [6, 6.07) is 0. The SMILES string of the molecule is CCCCCC/C=C\CCCCCCCC(=O)OC(CCCCC)CCCCCCCCCCCCCCCCCC(=O)O. The Morgan fingerprint density at radius 3 is 1.27 bits per heavy atom. The standard InChI is InChI=1S/C40H76O4/c1-3-5-7-8-9-10-11-15-20-23-26-29-33-37-40(43)44-38(34-30-6-4-2)35-31-27-24-21-18-16-13-12-14-17-19-22-25-28-32-36-39(41)42/h10-11,38H,3-9,12-37H2,1-2H3,(H,41,42)/b11-10-. The molecule has 0 bridgehead atoms. The summed E-state index contributed by atoms with van der Waals surface area (Å²) < 4.78 is 5.97. The molecule has 0 aliphatic rings. The van der Waals surface area contributed by atoms with Crippen LogP contribution in [0.3, 0.4) is 0 Å². The Morgan fingerprint density at radius 2 is 0.818 bits per heavy atom. The number of hydrogen-bond acceptors (Lipinski definition) is 3. The molecular formula is C40H76O4. The number of carboxylic acids is 1. The quantitative estimate of drug-likeness (QED) is 0.0430. The van der Waals surface area contributed by atoms with Crippen molar-refractivity contribution in [3.63, 3.8) is 0 Å². The minimum atomic E-state index is -0.664. The van der Waals surface area contributed by atoms with Crippen molar-refractivity contribution in [2.75, 3.05) is 0 Å². The van der Waals surface area contributed by atoms with Crippen LogP contribution in [0.4, 0.5) is 0 Å². The number of ether oxygens (including phenoxy) is 1. The first-order valence-corrected chi connectivity index (χ1v) is 19.7. The molecule has 4 heteroatoms. The van der Waals surface area contributed by atoms with E-state index in [9.17, 15) is 9.59 Å². The van der Waals surface area contributed by atoms with Gasteiger partial charge in [-0.15, -0.1) is 0 Å². The molecule has 44 heavy (non-hydrogen) atoms. The van der Waals surface area contributed by atoms with Crippen LogP contribution in [-0.2, 0) is 14.3 Å². The number of rotatable bonds is 36. The highest BCUT2D eigenvalue weighted by atomic mass is 16.5. The van der Waals surface area contributed by atoms with Gasteiger partial charge in [-0.1, -0.05) is 161 Å². The first-order chi connectivity index (χ1) is 21.6. The second kappa shape index (κ2) is 36.2. The van der Waals surface area contributed by atoms with Crippen LogP contribution in [0.2, 0.25) is 0 Å². The molecule has 1 unspecified atom stereocenters. The molecule has 1 atom stereocenters. The molecule has 1 N–H and O–H groups in total. The van der Waals surface area contributed by atoms with Crippen molar-refractivity contribution in [2.24, 2.45) is 0 Å². The summed E-state index contributed by atoms with van der Waals surface area (Å²) in [5, 5.41) is 8.66. The molecular weight excluding hydrogens is 544 g/mol. The summed E-state index contributed by atoms with van der Waals surface area (Å²) in [5.74, 6) is -0.628. The van der Waals surface area contributed by atoms with Gasteiger partial charge in [-0.05, 0) is 64.2 Å². The Balaban J connectivity index is 3.70. The van der Waals surface area contributed by atoms with E-state index in [1.54, 1.807) is 0 Å². The van der Waals surface area contributed by atoms with Gasteiger partial charge < -0.3 is 9.84 Å². The highest BCUT2D eigenvalue weighted by molar-refractivity contribution is 5.69. The number of esters is 1. The average Bonchev–Trinajstić information content (AvgIpc) is 3.00. The molecule has 0 saturated heterocycles. The van der Waals surface area contributed by atoms with Gasteiger partial charge in [0.2, 0.25) is 0 Å². The second-order valence-electron chi connectivity index (χ2n) is 13.5. The number of unbranched alkanes of at least 4 members (excludes halogenated alkanes) is 25. The third kappa shape index (κ3) is 35.2. The monoisotopic (exact) mass is 621 g/mol. The van der Waals surface area contributed by atoms with Gasteiger partial charge in [-0.25, -0.2) is 0 Å². The van der Waals surface area contributed by atoms with Gasteiger partial charge in [-0.2, -0.15) is 0 Å².